The van der Waals surface area contributed by atoms with E-state index in [9.17, 15) is 19.2 Å². The van der Waals surface area contributed by atoms with E-state index in [0.717, 1.165) is 31.1 Å². The van der Waals surface area contributed by atoms with E-state index in [-0.39, 0.29) is 11.5 Å². The molecule has 2 rings (SSSR count). The van der Waals surface area contributed by atoms with Crippen molar-refractivity contribution in [3.05, 3.63) is 109 Å². The maximum absolute atomic E-state index is 11.8. The zero-order valence-corrected chi connectivity index (χ0v) is 24.7. The van der Waals surface area contributed by atoms with Crippen LogP contribution in [0.4, 0.5) is 0 Å². The van der Waals surface area contributed by atoms with E-state index in [1.807, 2.05) is 13.8 Å². The largest absolute Gasteiger partial charge is 0.498 e. The molecule has 0 aromatic heterocycles. The maximum Gasteiger partial charge on any atom is 0.343 e. The third-order valence-electron chi connectivity index (χ3n) is 5.11. The van der Waals surface area contributed by atoms with Gasteiger partial charge in [-0.25, -0.2) is 14.4 Å². The van der Waals surface area contributed by atoms with E-state index in [2.05, 4.69) is 26.3 Å². The Bertz CT molecular complexity index is 1140. The minimum Gasteiger partial charge on any atom is -0.498 e. The van der Waals surface area contributed by atoms with Crippen LogP contribution in [-0.4, -0.2) is 36.9 Å². The van der Waals surface area contributed by atoms with Crippen LogP contribution >= 0.6 is 0 Å². The van der Waals surface area contributed by atoms with Crippen LogP contribution in [0.3, 0.4) is 0 Å². The second kappa shape index (κ2) is 21.4. The molecule has 0 spiro atoms. The molecule has 1 aliphatic carbocycles. The summed E-state index contributed by atoms with van der Waals surface area (Å²) in [5.41, 5.74) is 1.57. The van der Waals surface area contributed by atoms with Gasteiger partial charge in [0.05, 0.1) is 30.3 Å². The Labute approximate surface area is 243 Å². The van der Waals surface area contributed by atoms with Crippen LogP contribution in [0.1, 0.15) is 80.5 Å². The summed E-state index contributed by atoms with van der Waals surface area (Å²) in [6, 6.07) is 6.30. The van der Waals surface area contributed by atoms with Crippen LogP contribution in [0, 0.1) is 0 Å². The van der Waals surface area contributed by atoms with Crippen LogP contribution in [-0.2, 0) is 28.5 Å². The van der Waals surface area contributed by atoms with E-state index in [0.29, 0.717) is 48.5 Å². The Morgan fingerprint density at radius 1 is 0.780 bits per heavy atom. The number of allylic oxidation sites excluding steroid dienone is 5. The number of ketones is 1. The summed E-state index contributed by atoms with van der Waals surface area (Å²) in [5, 5.41) is 0. The number of hydrogen-bond acceptors (Lipinski definition) is 8. The summed E-state index contributed by atoms with van der Waals surface area (Å²) in [6.07, 6.45) is 9.88. The van der Waals surface area contributed by atoms with Crippen LogP contribution in [0.25, 0.3) is 0 Å². The van der Waals surface area contributed by atoms with E-state index >= 15 is 0 Å². The molecule has 0 aliphatic heterocycles. The van der Waals surface area contributed by atoms with E-state index < -0.39 is 17.9 Å². The summed E-state index contributed by atoms with van der Waals surface area (Å²) < 4.78 is 20.4. The Morgan fingerprint density at radius 2 is 1.39 bits per heavy atom. The van der Waals surface area contributed by atoms with Crippen molar-refractivity contribution in [2.24, 2.45) is 0 Å². The predicted octanol–water partition coefficient (Wildman–Crippen LogP) is 7.36. The van der Waals surface area contributed by atoms with Crippen molar-refractivity contribution in [3.63, 3.8) is 0 Å². The second-order valence-electron chi connectivity index (χ2n) is 8.39. The van der Waals surface area contributed by atoms with Gasteiger partial charge in [0.2, 0.25) is 0 Å². The number of Topliss-reactive ketones (excluding diaryl/α,β-unsaturated/α-hetero) is 1. The van der Waals surface area contributed by atoms with Crippen LogP contribution < -0.4 is 0 Å². The van der Waals surface area contributed by atoms with E-state index in [4.69, 9.17) is 18.9 Å². The molecule has 0 saturated heterocycles. The molecule has 8 heteroatoms. The highest BCUT2D eigenvalue weighted by Crippen LogP contribution is 2.21. The highest BCUT2D eigenvalue weighted by atomic mass is 16.5. The van der Waals surface area contributed by atoms with E-state index in [1.54, 1.807) is 43.3 Å². The van der Waals surface area contributed by atoms with Crippen molar-refractivity contribution in [1.29, 1.82) is 0 Å². The molecule has 8 nitrogen and oxygen atoms in total. The normalized spacial score (nSPS) is 11.3. The van der Waals surface area contributed by atoms with Gasteiger partial charge in [0.15, 0.2) is 5.78 Å². The summed E-state index contributed by atoms with van der Waals surface area (Å²) in [7, 11) is 0. The maximum atomic E-state index is 11.8. The molecule has 0 N–H and O–H groups in total. The third-order valence-corrected chi connectivity index (χ3v) is 5.11. The minimum absolute atomic E-state index is 0.0326. The van der Waals surface area contributed by atoms with Crippen molar-refractivity contribution in [2.45, 2.75) is 59.8 Å². The van der Waals surface area contributed by atoms with Crippen LogP contribution in [0.5, 0.6) is 0 Å². The predicted molar refractivity (Wildman–Crippen MR) is 160 cm³/mol. The minimum atomic E-state index is -0.461. The number of ether oxygens (including phenoxy) is 4. The van der Waals surface area contributed by atoms with Crippen molar-refractivity contribution in [2.75, 3.05) is 13.2 Å². The van der Waals surface area contributed by atoms with Crippen LogP contribution in [0.15, 0.2) is 97.7 Å². The SMILES string of the molecule is C=C(C)OC(=O)c1ccc(C(C)=O)cc1.C=CC(=C)OC(=O)C1=CC=C(OCCCCCOC(=O)C=C)CC1.CC. The van der Waals surface area contributed by atoms with Crippen molar-refractivity contribution >= 4 is 23.7 Å². The Hall–Kier alpha value is -4.46. The first-order valence-corrected chi connectivity index (χ1v) is 13.4. The van der Waals surface area contributed by atoms with Gasteiger partial charge in [-0.2, -0.15) is 0 Å². The average Bonchev–Trinajstić information content (AvgIpc) is 2.97. The van der Waals surface area contributed by atoms with Gasteiger partial charge in [0, 0.05) is 23.6 Å². The third kappa shape index (κ3) is 16.3. The second-order valence-corrected chi connectivity index (χ2v) is 8.39. The quantitative estimate of drug-likeness (QED) is 0.0438. The summed E-state index contributed by atoms with van der Waals surface area (Å²) in [6.45, 7) is 21.9. The van der Waals surface area contributed by atoms with Gasteiger partial charge in [0.1, 0.15) is 5.76 Å². The summed E-state index contributed by atoms with van der Waals surface area (Å²) in [4.78, 5) is 45.0. The highest BCUT2D eigenvalue weighted by molar-refractivity contribution is 5.96. The number of carbonyl (C=O) groups excluding carboxylic acids is 4. The first-order chi connectivity index (χ1) is 19.6. The molecule has 0 saturated carbocycles. The molecule has 0 fully saturated rings. The molecule has 41 heavy (non-hydrogen) atoms. The zero-order chi connectivity index (χ0) is 31.2. The van der Waals surface area contributed by atoms with Gasteiger partial charge in [-0.3, -0.25) is 4.79 Å². The van der Waals surface area contributed by atoms with Crippen molar-refractivity contribution in [3.8, 4) is 0 Å². The lowest BCUT2D eigenvalue weighted by atomic mass is 10.0. The summed E-state index contributed by atoms with van der Waals surface area (Å²) >= 11 is 0. The smallest absolute Gasteiger partial charge is 0.343 e. The zero-order valence-electron chi connectivity index (χ0n) is 24.7. The molecule has 222 valence electrons. The number of rotatable bonds is 14. The molecule has 0 amide bonds. The average molecular weight is 567 g/mol. The number of hydrogen-bond donors (Lipinski definition) is 0. The molecular weight excluding hydrogens is 524 g/mol. The Balaban J connectivity index is 0.000000806. The molecule has 1 aromatic rings. The number of esters is 3. The standard InChI is InChI=1S/C19H24O5.C12H12O3.C2H6/c1-4-15(3)24-19(21)16-9-11-17(12-10-16)22-13-7-6-8-14-23-18(20)5-2;1-8(2)15-12(14)11-6-4-10(5-7-11)9(3)13;1-2/h4-5,9,11H,1-3,6-8,10,12-14H2;4-7H,1H2,2-3H3;1-2H3. The van der Waals surface area contributed by atoms with Gasteiger partial charge in [-0.05, 0) is 69.9 Å². The monoisotopic (exact) mass is 566 g/mol. The summed E-state index contributed by atoms with van der Waals surface area (Å²) in [5.74, 6) is 0.154. The lowest BCUT2D eigenvalue weighted by Crippen LogP contribution is -2.10. The number of unbranched alkanes of at least 4 members (excludes halogenated alkanes) is 2. The first-order valence-electron chi connectivity index (χ1n) is 13.4. The topological polar surface area (TPSA) is 105 Å². The van der Waals surface area contributed by atoms with Gasteiger partial charge in [0.25, 0.3) is 0 Å². The number of benzene rings is 1. The van der Waals surface area contributed by atoms with Gasteiger partial charge in [-0.15, -0.1) is 0 Å². The lowest BCUT2D eigenvalue weighted by molar-refractivity contribution is -0.138. The van der Waals surface area contributed by atoms with Gasteiger partial charge < -0.3 is 18.9 Å². The Morgan fingerprint density at radius 3 is 1.90 bits per heavy atom. The van der Waals surface area contributed by atoms with Crippen molar-refractivity contribution in [1.82, 2.24) is 0 Å². The molecule has 0 radical (unpaired) electrons. The molecule has 0 heterocycles. The molecule has 0 unspecified atom stereocenters. The first kappa shape index (κ1) is 36.5. The van der Waals surface area contributed by atoms with E-state index in [1.165, 1.54) is 13.0 Å². The molecular formula is C33H42O8. The Kier molecular flexibility index (Phi) is 19.0. The fourth-order valence-corrected chi connectivity index (χ4v) is 3.01. The van der Waals surface area contributed by atoms with Gasteiger partial charge >= 0.3 is 17.9 Å². The highest BCUT2D eigenvalue weighted by Gasteiger charge is 2.16. The molecule has 0 atom stereocenters. The van der Waals surface area contributed by atoms with Crippen molar-refractivity contribution < 1.29 is 38.1 Å². The fourth-order valence-electron chi connectivity index (χ4n) is 3.01. The number of carbonyl (C=O) groups is 4. The molecule has 1 aromatic carbocycles. The molecule has 0 bridgehead atoms. The fraction of sp³-hybridized carbons (Fsp3) is 0.333. The van der Waals surface area contributed by atoms with Gasteiger partial charge in [-0.1, -0.05) is 52.3 Å². The lowest BCUT2D eigenvalue weighted by Gasteiger charge is -2.15. The molecule has 1 aliphatic rings. The van der Waals surface area contributed by atoms with Crippen LogP contribution in [0.2, 0.25) is 0 Å².